The number of carbonyl (C=O) groups excluding carboxylic acids is 2. The molecule has 6 heteroatoms. The first-order valence-electron chi connectivity index (χ1n) is 5.34. The van der Waals surface area contributed by atoms with E-state index in [2.05, 4.69) is 9.47 Å². The number of hydrogen-bond donors (Lipinski definition) is 0. The number of rotatable bonds is 4. The van der Waals surface area contributed by atoms with Gasteiger partial charge in [0.2, 0.25) is 0 Å². The summed E-state index contributed by atoms with van der Waals surface area (Å²) in [6, 6.07) is 1.25. The van der Waals surface area contributed by atoms with E-state index < -0.39 is 34.7 Å². The Hall–Kier alpha value is -1.98. The third-order valence-corrected chi connectivity index (χ3v) is 2.05. The second kappa shape index (κ2) is 6.09. The number of carbonyl (C=O) groups is 2. The smallest absolute Gasteiger partial charge is 0.341 e. The lowest BCUT2D eigenvalue weighted by Crippen LogP contribution is -2.12. The van der Waals surface area contributed by atoms with Gasteiger partial charge in [-0.1, -0.05) is 0 Å². The van der Waals surface area contributed by atoms with Crippen LogP contribution in [0.25, 0.3) is 0 Å². The number of esters is 2. The van der Waals surface area contributed by atoms with Gasteiger partial charge < -0.3 is 9.47 Å². The molecule has 0 aromatic heterocycles. The van der Waals surface area contributed by atoms with E-state index in [4.69, 9.17) is 0 Å². The fourth-order valence-corrected chi connectivity index (χ4v) is 1.28. The molecule has 0 heterocycles. The molecule has 0 saturated carbocycles. The maximum Gasteiger partial charge on any atom is 0.341 e. The molecule has 0 radical (unpaired) electrons. The van der Waals surface area contributed by atoms with Crippen molar-refractivity contribution in [1.82, 2.24) is 0 Å². The van der Waals surface area contributed by atoms with Crippen LogP contribution in [0.5, 0.6) is 0 Å². The van der Waals surface area contributed by atoms with Crippen LogP contribution in [0.2, 0.25) is 0 Å². The van der Waals surface area contributed by atoms with Crippen molar-refractivity contribution in [1.29, 1.82) is 0 Å². The maximum absolute atomic E-state index is 13.5. The lowest BCUT2D eigenvalue weighted by Gasteiger charge is -2.07. The lowest BCUT2D eigenvalue weighted by molar-refractivity contribution is 0.0502. The molecule has 0 spiro atoms. The zero-order chi connectivity index (χ0) is 13.7. The van der Waals surface area contributed by atoms with E-state index in [-0.39, 0.29) is 13.2 Å². The standard InChI is InChI=1S/C12H12F2O4/c1-3-17-11(15)7-5-10(14)8(6-9(7)13)12(16)18-4-2/h5-6H,3-4H2,1-2H3. The highest BCUT2D eigenvalue weighted by Crippen LogP contribution is 2.17. The quantitative estimate of drug-likeness (QED) is 0.778. The lowest BCUT2D eigenvalue weighted by atomic mass is 10.1. The molecule has 0 saturated heterocycles. The van der Waals surface area contributed by atoms with E-state index in [9.17, 15) is 18.4 Å². The second-order valence-electron chi connectivity index (χ2n) is 3.25. The molecule has 98 valence electrons. The molecule has 0 N–H and O–H groups in total. The Morgan fingerprint density at radius 2 is 1.28 bits per heavy atom. The van der Waals surface area contributed by atoms with Crippen LogP contribution in [0.1, 0.15) is 34.6 Å². The van der Waals surface area contributed by atoms with Crippen molar-refractivity contribution in [3.63, 3.8) is 0 Å². The van der Waals surface area contributed by atoms with E-state index in [1.54, 1.807) is 13.8 Å². The van der Waals surface area contributed by atoms with Crippen molar-refractivity contribution in [3.8, 4) is 0 Å². The summed E-state index contributed by atoms with van der Waals surface area (Å²) in [7, 11) is 0. The van der Waals surface area contributed by atoms with E-state index in [0.717, 1.165) is 0 Å². The zero-order valence-corrected chi connectivity index (χ0v) is 9.96. The molecule has 0 unspecified atom stereocenters. The van der Waals surface area contributed by atoms with Gasteiger partial charge in [0, 0.05) is 0 Å². The number of benzene rings is 1. The first kappa shape index (κ1) is 14.1. The first-order valence-corrected chi connectivity index (χ1v) is 5.34. The van der Waals surface area contributed by atoms with Crippen LogP contribution < -0.4 is 0 Å². The van der Waals surface area contributed by atoms with Crippen LogP contribution >= 0.6 is 0 Å². The van der Waals surface area contributed by atoms with Crippen LogP contribution in [-0.4, -0.2) is 25.2 Å². The van der Waals surface area contributed by atoms with Crippen LogP contribution in [0, 0.1) is 11.6 Å². The average molecular weight is 258 g/mol. The minimum Gasteiger partial charge on any atom is -0.462 e. The largest absolute Gasteiger partial charge is 0.462 e. The minimum absolute atomic E-state index is 0.0412. The van der Waals surface area contributed by atoms with Gasteiger partial charge in [-0.2, -0.15) is 0 Å². The van der Waals surface area contributed by atoms with Gasteiger partial charge in [0.25, 0.3) is 0 Å². The Kier molecular flexibility index (Phi) is 4.76. The summed E-state index contributed by atoms with van der Waals surface area (Å²) in [5.41, 5.74) is -1.11. The highest BCUT2D eigenvalue weighted by Gasteiger charge is 2.21. The second-order valence-corrected chi connectivity index (χ2v) is 3.25. The Morgan fingerprint density at radius 3 is 1.56 bits per heavy atom. The van der Waals surface area contributed by atoms with Gasteiger partial charge in [-0.25, -0.2) is 18.4 Å². The van der Waals surface area contributed by atoms with Gasteiger partial charge >= 0.3 is 11.9 Å². The van der Waals surface area contributed by atoms with Crippen molar-refractivity contribution in [2.24, 2.45) is 0 Å². The third kappa shape index (κ3) is 3.03. The zero-order valence-electron chi connectivity index (χ0n) is 9.96. The molecule has 0 aliphatic heterocycles. The highest BCUT2D eigenvalue weighted by molar-refractivity contribution is 5.93. The molecule has 0 atom stereocenters. The van der Waals surface area contributed by atoms with Crippen LogP contribution in [0.4, 0.5) is 8.78 Å². The van der Waals surface area contributed by atoms with Gasteiger partial charge in [-0.15, -0.1) is 0 Å². The van der Waals surface area contributed by atoms with Gasteiger partial charge in [-0.05, 0) is 26.0 Å². The molecule has 1 aromatic carbocycles. The number of hydrogen-bond acceptors (Lipinski definition) is 4. The Morgan fingerprint density at radius 1 is 0.944 bits per heavy atom. The summed E-state index contributed by atoms with van der Waals surface area (Å²) in [5, 5.41) is 0. The van der Waals surface area contributed by atoms with Crippen LogP contribution in [-0.2, 0) is 9.47 Å². The molecular weight excluding hydrogens is 246 g/mol. The minimum atomic E-state index is -1.03. The van der Waals surface area contributed by atoms with Crippen LogP contribution in [0.15, 0.2) is 12.1 Å². The molecule has 0 fully saturated rings. The molecule has 0 aliphatic carbocycles. The maximum atomic E-state index is 13.5. The number of ether oxygens (including phenoxy) is 2. The fourth-order valence-electron chi connectivity index (χ4n) is 1.28. The molecular formula is C12H12F2O4. The van der Waals surface area contributed by atoms with Crippen molar-refractivity contribution in [2.45, 2.75) is 13.8 Å². The third-order valence-electron chi connectivity index (χ3n) is 2.05. The van der Waals surface area contributed by atoms with Crippen molar-refractivity contribution in [2.75, 3.05) is 13.2 Å². The van der Waals surface area contributed by atoms with E-state index in [1.165, 1.54) is 0 Å². The van der Waals surface area contributed by atoms with E-state index in [0.29, 0.717) is 12.1 Å². The van der Waals surface area contributed by atoms with Gasteiger partial charge in [0.05, 0.1) is 24.3 Å². The predicted octanol–water partition coefficient (Wildman–Crippen LogP) is 2.32. The molecule has 0 aliphatic rings. The molecule has 18 heavy (non-hydrogen) atoms. The van der Waals surface area contributed by atoms with Gasteiger partial charge in [0.15, 0.2) is 0 Å². The summed E-state index contributed by atoms with van der Waals surface area (Å²) in [4.78, 5) is 22.6. The van der Waals surface area contributed by atoms with Crippen molar-refractivity contribution in [3.05, 3.63) is 34.9 Å². The van der Waals surface area contributed by atoms with Crippen LogP contribution in [0.3, 0.4) is 0 Å². The molecule has 4 nitrogen and oxygen atoms in total. The van der Waals surface area contributed by atoms with Crippen molar-refractivity contribution < 1.29 is 27.8 Å². The Balaban J connectivity index is 3.11. The normalized spacial score (nSPS) is 10.0. The van der Waals surface area contributed by atoms with E-state index in [1.807, 2.05) is 0 Å². The Bertz CT molecular complexity index is 428. The van der Waals surface area contributed by atoms with Gasteiger partial charge in [0.1, 0.15) is 11.6 Å². The van der Waals surface area contributed by atoms with E-state index >= 15 is 0 Å². The summed E-state index contributed by atoms with van der Waals surface area (Å²) in [6.07, 6.45) is 0. The summed E-state index contributed by atoms with van der Waals surface area (Å²) < 4.78 is 36.2. The Labute approximate surface area is 103 Å². The average Bonchev–Trinajstić information content (AvgIpc) is 2.32. The van der Waals surface area contributed by atoms with Gasteiger partial charge in [-0.3, -0.25) is 0 Å². The fraction of sp³-hybridized carbons (Fsp3) is 0.333. The predicted molar refractivity (Wildman–Crippen MR) is 58.3 cm³/mol. The summed E-state index contributed by atoms with van der Waals surface area (Å²) in [5.74, 6) is -4.02. The molecule has 0 amide bonds. The molecule has 1 rings (SSSR count). The summed E-state index contributed by atoms with van der Waals surface area (Å²) >= 11 is 0. The monoisotopic (exact) mass is 258 g/mol. The highest BCUT2D eigenvalue weighted by atomic mass is 19.1. The summed E-state index contributed by atoms with van der Waals surface area (Å²) in [6.45, 7) is 3.16. The SMILES string of the molecule is CCOC(=O)c1cc(F)c(C(=O)OCC)cc1F. The topological polar surface area (TPSA) is 52.6 Å². The van der Waals surface area contributed by atoms with Crippen molar-refractivity contribution >= 4 is 11.9 Å². The molecule has 1 aromatic rings. The number of halogens is 2. The first-order chi connectivity index (χ1) is 8.51. The molecule has 0 bridgehead atoms.